The minimum absolute atomic E-state index is 0.345. The fourth-order valence-corrected chi connectivity index (χ4v) is 3.59. The number of carbonyl (C=O) groups is 1. The molecule has 0 radical (unpaired) electrons. The van der Waals surface area contributed by atoms with Gasteiger partial charge in [0.1, 0.15) is 17.7 Å². The van der Waals surface area contributed by atoms with E-state index in [-0.39, 0.29) is 5.91 Å². The van der Waals surface area contributed by atoms with Gasteiger partial charge in [0, 0.05) is 29.5 Å². The highest BCUT2D eigenvalue weighted by Crippen LogP contribution is 2.24. The van der Waals surface area contributed by atoms with E-state index in [1.54, 1.807) is 46.9 Å². The van der Waals surface area contributed by atoms with Crippen LogP contribution < -0.4 is 5.32 Å². The molecule has 152 valence electrons. The van der Waals surface area contributed by atoms with Crippen molar-refractivity contribution < 1.29 is 9.18 Å². The van der Waals surface area contributed by atoms with Crippen LogP contribution in [0.15, 0.2) is 71.6 Å². The Morgan fingerprint density at radius 2 is 1.90 bits per heavy atom. The van der Waals surface area contributed by atoms with Crippen LogP contribution >= 0.6 is 15.9 Å². The fourth-order valence-electron chi connectivity index (χ4n) is 3.33. The molecule has 0 spiro atoms. The van der Waals surface area contributed by atoms with Crippen molar-refractivity contribution in [2.24, 2.45) is 7.05 Å². The van der Waals surface area contributed by atoms with Gasteiger partial charge >= 0.3 is 0 Å². The zero-order valence-corrected chi connectivity index (χ0v) is 18.0. The quantitative estimate of drug-likeness (QED) is 0.474. The molecule has 0 saturated carbocycles. The van der Waals surface area contributed by atoms with Crippen LogP contribution in [0.1, 0.15) is 33.5 Å². The highest BCUT2D eigenvalue weighted by atomic mass is 79.9. The van der Waals surface area contributed by atoms with E-state index in [1.807, 2.05) is 31.2 Å². The third kappa shape index (κ3) is 3.78. The van der Waals surface area contributed by atoms with Crippen molar-refractivity contribution >= 4 is 21.8 Å². The van der Waals surface area contributed by atoms with Crippen molar-refractivity contribution in [3.63, 3.8) is 0 Å². The molecule has 0 saturated heterocycles. The molecule has 1 amide bonds. The molecule has 0 aliphatic rings. The van der Waals surface area contributed by atoms with E-state index in [0.29, 0.717) is 22.6 Å². The maximum atomic E-state index is 14.5. The Balaban J connectivity index is 1.68. The maximum Gasteiger partial charge on any atom is 0.255 e. The molecule has 2 aromatic heterocycles. The largest absolute Gasteiger partial charge is 0.338 e. The van der Waals surface area contributed by atoms with E-state index >= 15 is 0 Å². The third-order valence-corrected chi connectivity index (χ3v) is 5.46. The van der Waals surface area contributed by atoms with Crippen LogP contribution in [0.3, 0.4) is 0 Å². The molecule has 1 N–H and O–H groups in total. The van der Waals surface area contributed by atoms with Gasteiger partial charge < -0.3 is 9.88 Å². The molecule has 6 nitrogen and oxygen atoms in total. The molecule has 8 heteroatoms. The van der Waals surface area contributed by atoms with Gasteiger partial charge in [-0.2, -0.15) is 5.10 Å². The van der Waals surface area contributed by atoms with Crippen molar-refractivity contribution in [1.29, 1.82) is 0 Å². The van der Waals surface area contributed by atoms with Crippen LogP contribution in [0, 0.1) is 12.7 Å². The van der Waals surface area contributed by atoms with E-state index in [1.165, 1.54) is 12.3 Å². The van der Waals surface area contributed by atoms with Crippen LogP contribution in [0.2, 0.25) is 0 Å². The summed E-state index contributed by atoms with van der Waals surface area (Å²) in [4.78, 5) is 17.5. The summed E-state index contributed by atoms with van der Waals surface area (Å²) in [7, 11) is 1.80. The van der Waals surface area contributed by atoms with E-state index in [4.69, 9.17) is 0 Å². The summed E-state index contributed by atoms with van der Waals surface area (Å²) in [6, 6.07) is 13.2. The van der Waals surface area contributed by atoms with Crippen molar-refractivity contribution in [1.82, 2.24) is 24.6 Å². The van der Waals surface area contributed by atoms with Gasteiger partial charge in [0.2, 0.25) is 0 Å². The Hall–Kier alpha value is -3.26. The molecule has 2 heterocycles. The Kier molecular flexibility index (Phi) is 5.50. The monoisotopic (exact) mass is 467 g/mol. The van der Waals surface area contributed by atoms with Gasteiger partial charge in [-0.3, -0.25) is 4.79 Å². The summed E-state index contributed by atoms with van der Waals surface area (Å²) in [5, 5.41) is 7.29. The van der Waals surface area contributed by atoms with Crippen LogP contribution in [0.5, 0.6) is 0 Å². The highest BCUT2D eigenvalue weighted by molar-refractivity contribution is 9.10. The number of aromatic nitrogens is 4. The summed E-state index contributed by atoms with van der Waals surface area (Å²) in [6.45, 7) is 1.82. The van der Waals surface area contributed by atoms with E-state index in [9.17, 15) is 9.18 Å². The third-order valence-electron chi connectivity index (χ3n) is 4.93. The average molecular weight is 468 g/mol. The number of hydrogen-bond acceptors (Lipinski definition) is 3. The lowest BCUT2D eigenvalue weighted by Gasteiger charge is -2.19. The number of imidazole rings is 1. The predicted octanol–water partition coefficient (Wildman–Crippen LogP) is 4.34. The maximum absolute atomic E-state index is 14.5. The Bertz CT molecular complexity index is 1200. The molecule has 1 atom stereocenters. The molecule has 0 aliphatic carbocycles. The van der Waals surface area contributed by atoms with Crippen LogP contribution in [-0.2, 0) is 7.05 Å². The van der Waals surface area contributed by atoms with Gasteiger partial charge in [-0.1, -0.05) is 34.1 Å². The Morgan fingerprint density at radius 1 is 1.17 bits per heavy atom. The molecule has 0 bridgehead atoms. The Morgan fingerprint density at radius 3 is 2.57 bits per heavy atom. The van der Waals surface area contributed by atoms with Gasteiger partial charge in [-0.25, -0.2) is 14.1 Å². The second-order valence-electron chi connectivity index (χ2n) is 6.86. The summed E-state index contributed by atoms with van der Waals surface area (Å²) in [6.07, 6.45) is 4.89. The number of carbonyl (C=O) groups excluding carboxylic acids is 1. The molecule has 0 aliphatic heterocycles. The normalized spacial score (nSPS) is 12.0. The molecule has 2 aromatic carbocycles. The van der Waals surface area contributed by atoms with Gasteiger partial charge in [0.15, 0.2) is 0 Å². The highest BCUT2D eigenvalue weighted by Gasteiger charge is 2.25. The van der Waals surface area contributed by atoms with Gasteiger partial charge in [-0.15, -0.1) is 0 Å². The van der Waals surface area contributed by atoms with Gasteiger partial charge in [-0.05, 0) is 37.3 Å². The smallest absolute Gasteiger partial charge is 0.255 e. The number of nitrogens with zero attached hydrogens (tertiary/aromatic N) is 4. The number of benzene rings is 2. The van der Waals surface area contributed by atoms with Crippen molar-refractivity contribution in [2.75, 3.05) is 0 Å². The number of halogens is 2. The number of rotatable bonds is 5. The second kappa shape index (κ2) is 8.23. The molecule has 4 aromatic rings. The van der Waals surface area contributed by atoms with Crippen LogP contribution in [-0.4, -0.2) is 25.2 Å². The molecule has 1 unspecified atom stereocenters. The Labute approximate surface area is 181 Å². The van der Waals surface area contributed by atoms with Crippen LogP contribution in [0.25, 0.3) is 5.69 Å². The first-order valence-electron chi connectivity index (χ1n) is 9.29. The molecular formula is C22H19BrFN5O. The van der Waals surface area contributed by atoms with E-state index in [0.717, 1.165) is 10.2 Å². The molecule has 0 fully saturated rings. The summed E-state index contributed by atoms with van der Waals surface area (Å²) in [5.74, 6) is -0.230. The lowest BCUT2D eigenvalue weighted by atomic mass is 10.0. The fraction of sp³-hybridized carbons (Fsp3) is 0.136. The summed E-state index contributed by atoms with van der Waals surface area (Å²) >= 11 is 3.41. The number of amides is 1. The van der Waals surface area contributed by atoms with Gasteiger partial charge in [0.25, 0.3) is 5.91 Å². The topological polar surface area (TPSA) is 64.7 Å². The SMILES string of the molecule is Cc1c(C(=O)NC(c2ccccc2F)c2nccn2C)cnn1-c1ccc(Br)cc1. The number of aryl methyl sites for hydroxylation is 1. The minimum atomic E-state index is -0.742. The van der Waals surface area contributed by atoms with Gasteiger partial charge in [0.05, 0.1) is 23.1 Å². The summed E-state index contributed by atoms with van der Waals surface area (Å²) in [5.41, 5.74) is 2.28. The van der Waals surface area contributed by atoms with Crippen molar-refractivity contribution in [2.45, 2.75) is 13.0 Å². The van der Waals surface area contributed by atoms with E-state index < -0.39 is 11.9 Å². The number of hydrogen-bond donors (Lipinski definition) is 1. The summed E-state index contributed by atoms with van der Waals surface area (Å²) < 4.78 is 19.0. The first kappa shape index (κ1) is 20.0. The standard InChI is InChI=1S/C22H19BrFN5O/c1-14-18(13-26-29(14)16-9-7-15(23)8-10-16)22(30)27-20(21-25-11-12-28(21)2)17-5-3-4-6-19(17)24/h3-13,20H,1-2H3,(H,27,30). The van der Waals surface area contributed by atoms with Crippen molar-refractivity contribution in [3.8, 4) is 5.69 Å². The zero-order chi connectivity index (χ0) is 21.3. The minimum Gasteiger partial charge on any atom is -0.338 e. The first-order chi connectivity index (χ1) is 14.5. The molecular weight excluding hydrogens is 449 g/mol. The molecule has 4 rings (SSSR count). The van der Waals surface area contributed by atoms with Crippen molar-refractivity contribution in [3.05, 3.63) is 100 Å². The predicted molar refractivity (Wildman–Crippen MR) is 115 cm³/mol. The van der Waals surface area contributed by atoms with Crippen LogP contribution in [0.4, 0.5) is 4.39 Å². The molecule has 30 heavy (non-hydrogen) atoms. The second-order valence-corrected chi connectivity index (χ2v) is 7.77. The van der Waals surface area contributed by atoms with E-state index in [2.05, 4.69) is 31.3 Å². The zero-order valence-electron chi connectivity index (χ0n) is 16.4. The average Bonchev–Trinajstić information content (AvgIpc) is 3.33. The number of nitrogens with one attached hydrogen (secondary N) is 1. The lowest BCUT2D eigenvalue weighted by Crippen LogP contribution is -2.32. The first-order valence-corrected chi connectivity index (χ1v) is 10.1. The lowest BCUT2D eigenvalue weighted by molar-refractivity contribution is 0.0940.